The lowest BCUT2D eigenvalue weighted by atomic mass is 10.2. The molecular weight excluding hydrogens is 425 g/mol. The fourth-order valence-corrected chi connectivity index (χ4v) is 3.78. The second kappa shape index (κ2) is 6.99. The number of hydrogen-bond donors (Lipinski definition) is 1. The fraction of sp³-hybridized carbons (Fsp3) is 0.0500. The van der Waals surface area contributed by atoms with E-state index in [0.29, 0.717) is 49.4 Å². The van der Waals surface area contributed by atoms with Gasteiger partial charge in [-0.05, 0) is 24.3 Å². The van der Waals surface area contributed by atoms with Crippen molar-refractivity contribution in [2.24, 2.45) is 0 Å². The average Bonchev–Trinajstić information content (AvgIpc) is 3.30. The van der Waals surface area contributed by atoms with E-state index in [1.54, 1.807) is 47.3 Å². The summed E-state index contributed by atoms with van der Waals surface area (Å²) in [6.45, 7) is 7.38. The maximum Gasteiger partial charge on any atom is 0.328 e. The van der Waals surface area contributed by atoms with E-state index in [0.717, 1.165) is 0 Å². The number of imidazole rings is 2. The normalized spacial score (nSPS) is 11.2. The van der Waals surface area contributed by atoms with E-state index < -0.39 is 0 Å². The Morgan fingerprint density at radius 2 is 1.93 bits per heavy atom. The van der Waals surface area contributed by atoms with Crippen LogP contribution in [0.2, 0.25) is 10.0 Å². The van der Waals surface area contributed by atoms with Gasteiger partial charge in [0.2, 0.25) is 5.95 Å². The van der Waals surface area contributed by atoms with Crippen molar-refractivity contribution in [3.05, 3.63) is 86.4 Å². The van der Waals surface area contributed by atoms with Gasteiger partial charge < -0.3 is 4.98 Å². The Morgan fingerprint density at radius 1 is 1.13 bits per heavy atom. The van der Waals surface area contributed by atoms with Gasteiger partial charge in [0.25, 0.3) is 0 Å². The second-order valence-electron chi connectivity index (χ2n) is 6.52. The fourth-order valence-electron chi connectivity index (χ4n) is 3.27. The minimum Gasteiger partial charge on any atom is -0.303 e. The summed E-state index contributed by atoms with van der Waals surface area (Å²) >= 11 is 12.6. The number of nitrogens with zero attached hydrogens (tertiary/aromatic N) is 6. The molecular formula is C20H11Cl2N7O. The highest BCUT2D eigenvalue weighted by Crippen LogP contribution is 2.26. The molecule has 5 aromatic rings. The van der Waals surface area contributed by atoms with Gasteiger partial charge >= 0.3 is 5.69 Å². The summed E-state index contributed by atoms with van der Waals surface area (Å²) in [5, 5.41) is 0.926. The van der Waals surface area contributed by atoms with Crippen molar-refractivity contribution in [2.45, 2.75) is 6.54 Å². The number of aromatic nitrogens is 6. The molecule has 1 N–H and O–H groups in total. The SMILES string of the molecule is [C-]#[N+]c1ccc2ncn(-c3ncc4[nH]c(=O)n(Cc5c(Cl)cccc5Cl)c4n3)c2c1. The standard InChI is InChI=1S/C20H11Cl2N7O/c1-23-11-5-6-15-17(7-11)29(10-25-15)19-24-8-16-18(27-19)28(20(30)26-16)9-12-13(21)3-2-4-14(12)22/h2-8,10H,9H2,(H,26,30). The minimum atomic E-state index is -0.349. The molecule has 0 fully saturated rings. The van der Waals surface area contributed by atoms with Crippen LogP contribution in [0.5, 0.6) is 0 Å². The lowest BCUT2D eigenvalue weighted by Gasteiger charge is -2.08. The molecule has 3 heterocycles. The summed E-state index contributed by atoms with van der Waals surface area (Å²) < 4.78 is 3.13. The maximum absolute atomic E-state index is 12.6. The van der Waals surface area contributed by atoms with Crippen molar-refractivity contribution in [1.29, 1.82) is 0 Å². The van der Waals surface area contributed by atoms with Crippen molar-refractivity contribution in [3.8, 4) is 5.95 Å². The number of H-pyrrole nitrogens is 1. The molecule has 0 aliphatic heterocycles. The summed E-state index contributed by atoms with van der Waals surface area (Å²) in [5.41, 5.74) is 3.05. The molecule has 3 aromatic heterocycles. The predicted molar refractivity (Wildman–Crippen MR) is 115 cm³/mol. The van der Waals surface area contributed by atoms with E-state index in [2.05, 4.69) is 24.8 Å². The molecule has 0 bridgehead atoms. The van der Waals surface area contributed by atoms with Crippen molar-refractivity contribution >= 4 is 51.1 Å². The third-order valence-corrected chi connectivity index (χ3v) is 5.46. The van der Waals surface area contributed by atoms with Crippen LogP contribution in [0.3, 0.4) is 0 Å². The van der Waals surface area contributed by atoms with Crippen molar-refractivity contribution in [1.82, 2.24) is 29.1 Å². The summed E-state index contributed by atoms with van der Waals surface area (Å²) in [6, 6.07) is 10.4. The number of benzene rings is 2. The summed E-state index contributed by atoms with van der Waals surface area (Å²) in [5.74, 6) is 0.324. The molecule has 5 rings (SSSR count). The van der Waals surface area contributed by atoms with Crippen LogP contribution in [0.15, 0.2) is 53.7 Å². The van der Waals surface area contributed by atoms with Crippen LogP contribution < -0.4 is 5.69 Å². The van der Waals surface area contributed by atoms with E-state index >= 15 is 0 Å². The first-order valence-corrected chi connectivity index (χ1v) is 9.54. The van der Waals surface area contributed by atoms with Crippen LogP contribution >= 0.6 is 23.2 Å². The van der Waals surface area contributed by atoms with Crippen LogP contribution in [-0.2, 0) is 6.54 Å². The summed E-state index contributed by atoms with van der Waals surface area (Å²) in [4.78, 5) is 32.0. The van der Waals surface area contributed by atoms with Crippen LogP contribution in [0.25, 0.3) is 33.0 Å². The van der Waals surface area contributed by atoms with Crippen molar-refractivity contribution in [3.63, 3.8) is 0 Å². The van der Waals surface area contributed by atoms with Gasteiger partial charge in [-0.25, -0.2) is 19.6 Å². The topological polar surface area (TPSA) is 85.8 Å². The Balaban J connectivity index is 1.68. The molecule has 0 unspecified atom stereocenters. The number of halogens is 2. The molecule has 0 saturated heterocycles. The quantitative estimate of drug-likeness (QED) is 0.426. The first-order chi connectivity index (χ1) is 14.5. The highest BCUT2D eigenvalue weighted by atomic mass is 35.5. The number of fused-ring (bicyclic) bond motifs is 2. The van der Waals surface area contributed by atoms with E-state index in [-0.39, 0.29) is 12.2 Å². The second-order valence-corrected chi connectivity index (χ2v) is 7.34. The number of rotatable bonds is 3. The van der Waals surface area contributed by atoms with Crippen LogP contribution in [-0.4, -0.2) is 29.1 Å². The molecule has 8 nitrogen and oxygen atoms in total. The molecule has 2 aromatic carbocycles. The molecule has 10 heteroatoms. The van der Waals surface area contributed by atoms with Gasteiger partial charge in [-0.15, -0.1) is 0 Å². The van der Waals surface area contributed by atoms with Crippen molar-refractivity contribution < 1.29 is 0 Å². The molecule has 0 radical (unpaired) electrons. The van der Waals surface area contributed by atoms with E-state index in [4.69, 9.17) is 29.8 Å². The van der Waals surface area contributed by atoms with Gasteiger partial charge in [-0.3, -0.25) is 9.13 Å². The van der Waals surface area contributed by atoms with Gasteiger partial charge in [0.1, 0.15) is 11.8 Å². The molecule has 0 spiro atoms. The van der Waals surface area contributed by atoms with Gasteiger partial charge in [-0.1, -0.05) is 35.3 Å². The van der Waals surface area contributed by atoms with Crippen LogP contribution in [0, 0.1) is 6.57 Å². The van der Waals surface area contributed by atoms with E-state index in [1.165, 1.54) is 10.8 Å². The number of aromatic amines is 1. The molecule has 146 valence electrons. The average molecular weight is 436 g/mol. The Hall–Kier alpha value is -3.67. The highest BCUT2D eigenvalue weighted by Gasteiger charge is 2.15. The van der Waals surface area contributed by atoms with Crippen LogP contribution in [0.4, 0.5) is 5.69 Å². The Bertz CT molecular complexity index is 1520. The Kier molecular flexibility index (Phi) is 4.28. The van der Waals surface area contributed by atoms with Gasteiger partial charge in [0, 0.05) is 15.6 Å². The molecule has 0 amide bonds. The lowest BCUT2D eigenvalue weighted by Crippen LogP contribution is -2.18. The van der Waals surface area contributed by atoms with Crippen molar-refractivity contribution in [2.75, 3.05) is 0 Å². The smallest absolute Gasteiger partial charge is 0.303 e. The van der Waals surface area contributed by atoms with Gasteiger partial charge in [0.05, 0.1) is 30.3 Å². The predicted octanol–water partition coefficient (Wildman–Crippen LogP) is 4.36. The Labute approximate surface area is 179 Å². The molecule has 0 aliphatic rings. The lowest BCUT2D eigenvalue weighted by molar-refractivity contribution is 0.775. The zero-order valence-electron chi connectivity index (χ0n) is 15.2. The van der Waals surface area contributed by atoms with Gasteiger partial charge in [-0.2, -0.15) is 4.98 Å². The Morgan fingerprint density at radius 3 is 2.70 bits per heavy atom. The maximum atomic E-state index is 12.6. The molecule has 30 heavy (non-hydrogen) atoms. The number of nitrogens with one attached hydrogen (secondary N) is 1. The third-order valence-electron chi connectivity index (χ3n) is 4.75. The van der Waals surface area contributed by atoms with Crippen LogP contribution in [0.1, 0.15) is 5.56 Å². The minimum absolute atomic E-state index is 0.153. The largest absolute Gasteiger partial charge is 0.328 e. The third kappa shape index (κ3) is 2.92. The van der Waals surface area contributed by atoms with Gasteiger partial charge in [0.15, 0.2) is 11.3 Å². The number of hydrogen-bond acceptors (Lipinski definition) is 4. The first kappa shape index (κ1) is 18.4. The zero-order chi connectivity index (χ0) is 20.8. The summed E-state index contributed by atoms with van der Waals surface area (Å²) in [7, 11) is 0. The highest BCUT2D eigenvalue weighted by molar-refractivity contribution is 6.36. The molecule has 0 saturated carbocycles. The van der Waals surface area contributed by atoms with E-state index in [9.17, 15) is 4.79 Å². The van der Waals surface area contributed by atoms with E-state index in [1.807, 2.05) is 0 Å². The molecule has 0 aliphatic carbocycles. The zero-order valence-corrected chi connectivity index (χ0v) is 16.7. The summed E-state index contributed by atoms with van der Waals surface area (Å²) in [6.07, 6.45) is 3.12. The monoisotopic (exact) mass is 435 g/mol. The molecule has 0 atom stereocenters. The first-order valence-electron chi connectivity index (χ1n) is 8.78.